The number of rotatable bonds is 3. The third kappa shape index (κ3) is 3.32. The lowest BCUT2D eigenvalue weighted by Crippen LogP contribution is -2.23. The average molecular weight is 332 g/mol. The second-order valence-electron chi connectivity index (χ2n) is 4.42. The van der Waals surface area contributed by atoms with E-state index in [2.05, 4.69) is 21.2 Å². The highest BCUT2D eigenvalue weighted by molar-refractivity contribution is 9.08. The summed E-state index contributed by atoms with van der Waals surface area (Å²) in [7, 11) is -3.01. The van der Waals surface area contributed by atoms with E-state index in [9.17, 15) is 13.2 Å². The summed E-state index contributed by atoms with van der Waals surface area (Å²) in [5.74, 6) is -0.533. The largest absolute Gasteiger partial charge is 0.326 e. The molecule has 1 aromatic rings. The summed E-state index contributed by atoms with van der Waals surface area (Å²) in [4.78, 5) is 11.9. The number of hydrogen-bond acceptors (Lipinski definition) is 3. The van der Waals surface area contributed by atoms with Gasteiger partial charge in [0.2, 0.25) is 5.91 Å². The van der Waals surface area contributed by atoms with Gasteiger partial charge in [-0.2, -0.15) is 0 Å². The van der Waals surface area contributed by atoms with Crippen LogP contribution in [0.15, 0.2) is 24.3 Å². The van der Waals surface area contributed by atoms with Crippen LogP contribution in [0.3, 0.4) is 0 Å². The third-order valence-electron chi connectivity index (χ3n) is 2.95. The van der Waals surface area contributed by atoms with E-state index in [0.717, 1.165) is 5.56 Å². The monoisotopic (exact) mass is 331 g/mol. The van der Waals surface area contributed by atoms with Gasteiger partial charge in [-0.15, -0.1) is 0 Å². The van der Waals surface area contributed by atoms with Crippen molar-refractivity contribution in [3.8, 4) is 0 Å². The predicted octanol–water partition coefficient (Wildman–Crippen LogP) is 1.95. The first-order valence-electron chi connectivity index (χ1n) is 5.66. The summed E-state index contributed by atoms with van der Waals surface area (Å²) < 4.78 is 22.6. The van der Waals surface area contributed by atoms with Crippen molar-refractivity contribution < 1.29 is 13.2 Å². The number of sulfone groups is 1. The van der Waals surface area contributed by atoms with Gasteiger partial charge in [-0.05, 0) is 24.1 Å². The van der Waals surface area contributed by atoms with E-state index in [4.69, 9.17) is 0 Å². The molecule has 1 unspecified atom stereocenters. The van der Waals surface area contributed by atoms with Crippen LogP contribution in [0.1, 0.15) is 12.0 Å². The molecule has 6 heteroatoms. The molecule has 2 rings (SSSR count). The van der Waals surface area contributed by atoms with Crippen molar-refractivity contribution in [2.45, 2.75) is 11.8 Å². The van der Waals surface area contributed by atoms with Crippen molar-refractivity contribution in [1.29, 1.82) is 0 Å². The fourth-order valence-electron chi connectivity index (χ4n) is 1.98. The normalized spacial score (nSPS) is 21.7. The average Bonchev–Trinajstić information content (AvgIpc) is 2.70. The van der Waals surface area contributed by atoms with Crippen molar-refractivity contribution in [2.75, 3.05) is 16.8 Å². The lowest BCUT2D eigenvalue weighted by molar-refractivity contribution is -0.119. The molecule has 18 heavy (non-hydrogen) atoms. The first-order chi connectivity index (χ1) is 8.50. The Morgan fingerprint density at radius 1 is 1.44 bits per heavy atom. The minimum atomic E-state index is -3.01. The maximum Gasteiger partial charge on any atom is 0.228 e. The fraction of sp³-hybridized carbons (Fsp3) is 0.417. The van der Waals surface area contributed by atoms with Gasteiger partial charge < -0.3 is 5.32 Å². The van der Waals surface area contributed by atoms with E-state index >= 15 is 0 Å². The molecule has 1 aliphatic heterocycles. The Balaban J connectivity index is 2.03. The molecule has 1 saturated heterocycles. The Morgan fingerprint density at radius 2 is 2.22 bits per heavy atom. The number of anilines is 1. The molecule has 1 aliphatic rings. The molecule has 1 fully saturated rings. The third-order valence-corrected chi connectivity index (χ3v) is 5.37. The second-order valence-corrected chi connectivity index (χ2v) is 7.21. The van der Waals surface area contributed by atoms with Crippen LogP contribution in [0.2, 0.25) is 0 Å². The standard InChI is InChI=1S/C12H14BrNO3S/c13-7-9-2-1-3-11(6-9)14-12(15)10-4-5-18(16,17)8-10/h1-3,6,10H,4-5,7-8H2,(H,14,15). The van der Waals surface area contributed by atoms with Gasteiger partial charge in [0.1, 0.15) is 0 Å². The smallest absolute Gasteiger partial charge is 0.228 e. The summed E-state index contributed by atoms with van der Waals surface area (Å²) in [6.07, 6.45) is 0.423. The van der Waals surface area contributed by atoms with E-state index in [1.165, 1.54) is 0 Å². The van der Waals surface area contributed by atoms with E-state index in [0.29, 0.717) is 17.4 Å². The Kier molecular flexibility index (Phi) is 4.07. The molecule has 4 nitrogen and oxygen atoms in total. The van der Waals surface area contributed by atoms with Gasteiger partial charge >= 0.3 is 0 Å². The summed E-state index contributed by atoms with van der Waals surface area (Å²) >= 11 is 3.35. The predicted molar refractivity (Wildman–Crippen MR) is 74.5 cm³/mol. The molecule has 1 aromatic carbocycles. The molecule has 0 radical (unpaired) electrons. The maximum absolute atomic E-state index is 11.9. The van der Waals surface area contributed by atoms with Crippen molar-refractivity contribution in [1.82, 2.24) is 0 Å². The molecular formula is C12H14BrNO3S. The van der Waals surface area contributed by atoms with Gasteiger partial charge in [-0.25, -0.2) is 8.42 Å². The van der Waals surface area contributed by atoms with E-state index < -0.39 is 15.8 Å². The minimum Gasteiger partial charge on any atom is -0.326 e. The number of alkyl halides is 1. The number of benzene rings is 1. The Labute approximate surface area is 115 Å². The lowest BCUT2D eigenvalue weighted by Gasteiger charge is -2.10. The first kappa shape index (κ1) is 13.5. The van der Waals surface area contributed by atoms with Crippen LogP contribution in [0.5, 0.6) is 0 Å². The highest BCUT2D eigenvalue weighted by Crippen LogP contribution is 2.21. The van der Waals surface area contributed by atoms with Crippen molar-refractivity contribution in [3.63, 3.8) is 0 Å². The van der Waals surface area contributed by atoms with E-state index in [-0.39, 0.29) is 17.4 Å². The van der Waals surface area contributed by atoms with Crippen LogP contribution in [0.4, 0.5) is 5.69 Å². The summed E-state index contributed by atoms with van der Waals surface area (Å²) in [6, 6.07) is 7.48. The topological polar surface area (TPSA) is 63.2 Å². The Bertz CT molecular complexity index is 556. The van der Waals surface area contributed by atoms with Crippen LogP contribution in [0, 0.1) is 5.92 Å². The highest BCUT2D eigenvalue weighted by Gasteiger charge is 2.32. The molecule has 1 N–H and O–H groups in total. The molecule has 98 valence electrons. The number of nitrogens with one attached hydrogen (secondary N) is 1. The molecular weight excluding hydrogens is 318 g/mol. The van der Waals surface area contributed by atoms with Crippen molar-refractivity contribution in [3.05, 3.63) is 29.8 Å². The number of amides is 1. The Hall–Kier alpha value is -0.880. The zero-order chi connectivity index (χ0) is 13.2. The van der Waals surface area contributed by atoms with Gasteiger partial charge in [0.25, 0.3) is 0 Å². The van der Waals surface area contributed by atoms with E-state index in [1.807, 2.05) is 18.2 Å². The number of carbonyl (C=O) groups excluding carboxylic acids is 1. The van der Waals surface area contributed by atoms with Crippen LogP contribution in [-0.2, 0) is 20.0 Å². The zero-order valence-electron chi connectivity index (χ0n) is 9.73. The summed E-state index contributed by atoms with van der Waals surface area (Å²) in [5.41, 5.74) is 1.77. The molecule has 0 spiro atoms. The van der Waals surface area contributed by atoms with Crippen LogP contribution >= 0.6 is 15.9 Å². The van der Waals surface area contributed by atoms with Gasteiger partial charge in [0.15, 0.2) is 9.84 Å². The molecule has 0 bridgehead atoms. The number of carbonyl (C=O) groups is 1. The lowest BCUT2D eigenvalue weighted by atomic mass is 10.1. The molecule has 1 amide bonds. The number of halogens is 1. The molecule has 1 heterocycles. The van der Waals surface area contributed by atoms with Gasteiger partial charge in [0.05, 0.1) is 17.4 Å². The first-order valence-corrected chi connectivity index (χ1v) is 8.60. The number of hydrogen-bond donors (Lipinski definition) is 1. The Morgan fingerprint density at radius 3 is 2.83 bits per heavy atom. The van der Waals surface area contributed by atoms with Gasteiger partial charge in [-0.3, -0.25) is 4.79 Å². The maximum atomic E-state index is 11.9. The van der Waals surface area contributed by atoms with Crippen LogP contribution in [-0.4, -0.2) is 25.8 Å². The van der Waals surface area contributed by atoms with Crippen LogP contribution in [0.25, 0.3) is 0 Å². The highest BCUT2D eigenvalue weighted by atomic mass is 79.9. The summed E-state index contributed by atoms with van der Waals surface area (Å²) in [5, 5.41) is 3.49. The fourth-order valence-corrected chi connectivity index (χ4v) is 4.07. The molecule has 1 atom stereocenters. The van der Waals surface area contributed by atoms with Crippen molar-refractivity contribution in [2.24, 2.45) is 5.92 Å². The summed E-state index contributed by atoms with van der Waals surface area (Å²) in [6.45, 7) is 0. The molecule has 0 aliphatic carbocycles. The SMILES string of the molecule is O=C(Nc1cccc(CBr)c1)C1CCS(=O)(=O)C1. The molecule has 0 saturated carbocycles. The van der Waals surface area contributed by atoms with Crippen LogP contribution < -0.4 is 5.32 Å². The van der Waals surface area contributed by atoms with Gasteiger partial charge in [-0.1, -0.05) is 28.1 Å². The quantitative estimate of drug-likeness (QED) is 0.861. The van der Waals surface area contributed by atoms with E-state index in [1.54, 1.807) is 6.07 Å². The second kappa shape index (κ2) is 5.40. The van der Waals surface area contributed by atoms with Gasteiger partial charge in [0, 0.05) is 11.0 Å². The minimum absolute atomic E-state index is 0.0308. The zero-order valence-corrected chi connectivity index (χ0v) is 12.1. The molecule has 0 aromatic heterocycles. The van der Waals surface area contributed by atoms with Crippen molar-refractivity contribution >= 4 is 37.4 Å².